The standard InChI is InChI=1S/C16H18N2O2/c1-3-20-16-7-5-4-6-15(16)18-12-8-9-14(17)13(10-12)11(2)19/h4-10,18H,3,17H2,1-2H3. The predicted octanol–water partition coefficient (Wildman–Crippen LogP) is 3.61. The van der Waals surface area contributed by atoms with Crippen LogP contribution in [0.1, 0.15) is 24.2 Å². The number of hydrogen-bond donors (Lipinski definition) is 2. The van der Waals surface area contributed by atoms with Gasteiger partial charge in [0.05, 0.1) is 12.3 Å². The number of nitrogens with one attached hydrogen (secondary N) is 1. The fourth-order valence-corrected chi connectivity index (χ4v) is 1.95. The molecule has 0 fully saturated rings. The van der Waals surface area contributed by atoms with Gasteiger partial charge in [-0.2, -0.15) is 0 Å². The SMILES string of the molecule is CCOc1ccccc1Nc1ccc(N)c(C(C)=O)c1. The van der Waals surface area contributed by atoms with Crippen molar-refractivity contribution in [3.05, 3.63) is 48.0 Å². The number of carbonyl (C=O) groups is 1. The molecule has 0 atom stereocenters. The maximum atomic E-state index is 11.5. The number of nitrogens with two attached hydrogens (primary N) is 1. The van der Waals surface area contributed by atoms with Gasteiger partial charge in [0, 0.05) is 16.9 Å². The Morgan fingerprint density at radius 3 is 2.70 bits per heavy atom. The van der Waals surface area contributed by atoms with E-state index in [4.69, 9.17) is 10.5 Å². The van der Waals surface area contributed by atoms with Crippen LogP contribution in [0.5, 0.6) is 5.75 Å². The van der Waals surface area contributed by atoms with Crippen molar-refractivity contribution in [2.75, 3.05) is 17.7 Å². The van der Waals surface area contributed by atoms with E-state index >= 15 is 0 Å². The monoisotopic (exact) mass is 270 g/mol. The Hall–Kier alpha value is -2.49. The van der Waals surface area contributed by atoms with E-state index in [-0.39, 0.29) is 5.78 Å². The van der Waals surface area contributed by atoms with Crippen molar-refractivity contribution >= 4 is 22.8 Å². The number of benzene rings is 2. The lowest BCUT2D eigenvalue weighted by atomic mass is 10.1. The number of rotatable bonds is 5. The molecule has 2 aromatic carbocycles. The minimum atomic E-state index is -0.0516. The van der Waals surface area contributed by atoms with Gasteiger partial charge in [0.25, 0.3) is 0 Å². The largest absolute Gasteiger partial charge is 0.492 e. The molecule has 104 valence electrons. The average molecular weight is 270 g/mol. The molecule has 4 heteroatoms. The molecule has 0 radical (unpaired) electrons. The Bertz CT molecular complexity index is 624. The van der Waals surface area contributed by atoms with Gasteiger partial charge >= 0.3 is 0 Å². The van der Waals surface area contributed by atoms with Crippen molar-refractivity contribution in [3.63, 3.8) is 0 Å². The zero-order valence-corrected chi connectivity index (χ0v) is 11.6. The van der Waals surface area contributed by atoms with Crippen LogP contribution < -0.4 is 15.8 Å². The molecule has 4 nitrogen and oxygen atoms in total. The van der Waals surface area contributed by atoms with Crippen LogP contribution in [0.3, 0.4) is 0 Å². The second-order valence-corrected chi connectivity index (χ2v) is 4.41. The Morgan fingerprint density at radius 1 is 1.25 bits per heavy atom. The normalized spacial score (nSPS) is 10.1. The van der Waals surface area contributed by atoms with Gasteiger partial charge < -0.3 is 15.8 Å². The lowest BCUT2D eigenvalue weighted by Crippen LogP contribution is -2.02. The molecular formula is C16H18N2O2. The minimum Gasteiger partial charge on any atom is -0.492 e. The summed E-state index contributed by atoms with van der Waals surface area (Å²) < 4.78 is 5.56. The number of ether oxygens (including phenoxy) is 1. The van der Waals surface area contributed by atoms with Gasteiger partial charge in [-0.25, -0.2) is 0 Å². The van der Waals surface area contributed by atoms with E-state index in [2.05, 4.69) is 5.32 Å². The van der Waals surface area contributed by atoms with Gasteiger partial charge in [-0.3, -0.25) is 4.79 Å². The Labute approximate surface area is 118 Å². The maximum absolute atomic E-state index is 11.5. The number of anilines is 3. The van der Waals surface area contributed by atoms with Gasteiger partial charge in [-0.15, -0.1) is 0 Å². The highest BCUT2D eigenvalue weighted by molar-refractivity contribution is 6.00. The average Bonchev–Trinajstić information content (AvgIpc) is 2.43. The summed E-state index contributed by atoms with van der Waals surface area (Å²) in [5, 5.41) is 3.25. The first-order valence-corrected chi connectivity index (χ1v) is 6.51. The van der Waals surface area contributed by atoms with Crippen LogP contribution in [0.25, 0.3) is 0 Å². The summed E-state index contributed by atoms with van der Waals surface area (Å²) in [5.74, 6) is 0.723. The molecule has 3 N–H and O–H groups in total. The van der Waals surface area contributed by atoms with Crippen LogP contribution in [0.4, 0.5) is 17.1 Å². The third kappa shape index (κ3) is 3.09. The molecule has 0 aliphatic rings. The van der Waals surface area contributed by atoms with E-state index in [1.165, 1.54) is 6.92 Å². The van der Waals surface area contributed by atoms with Crippen LogP contribution in [-0.4, -0.2) is 12.4 Å². The molecule has 0 saturated heterocycles. The summed E-state index contributed by atoms with van der Waals surface area (Å²) in [5.41, 5.74) is 8.45. The molecule has 0 aromatic heterocycles. The van der Waals surface area contributed by atoms with E-state index in [0.717, 1.165) is 17.1 Å². The summed E-state index contributed by atoms with van der Waals surface area (Å²) in [4.78, 5) is 11.5. The second kappa shape index (κ2) is 6.10. The molecule has 0 aliphatic heterocycles. The number of ketones is 1. The van der Waals surface area contributed by atoms with Crippen molar-refractivity contribution < 1.29 is 9.53 Å². The van der Waals surface area contributed by atoms with Gasteiger partial charge in [-0.05, 0) is 44.2 Å². The molecule has 0 bridgehead atoms. The van der Waals surface area contributed by atoms with Crippen molar-refractivity contribution in [2.45, 2.75) is 13.8 Å². The Balaban J connectivity index is 2.31. The fourth-order valence-electron chi connectivity index (χ4n) is 1.95. The van der Waals surface area contributed by atoms with Crippen LogP contribution in [0.15, 0.2) is 42.5 Å². The number of Topliss-reactive ketones (excluding diaryl/α,β-unsaturated/α-hetero) is 1. The van der Waals surface area contributed by atoms with Crippen molar-refractivity contribution in [3.8, 4) is 5.75 Å². The highest BCUT2D eigenvalue weighted by Crippen LogP contribution is 2.28. The smallest absolute Gasteiger partial charge is 0.161 e. The molecule has 2 aromatic rings. The first kappa shape index (κ1) is 13.9. The second-order valence-electron chi connectivity index (χ2n) is 4.41. The maximum Gasteiger partial charge on any atom is 0.161 e. The Morgan fingerprint density at radius 2 is 2.00 bits per heavy atom. The van der Waals surface area contributed by atoms with E-state index in [0.29, 0.717) is 17.9 Å². The van der Waals surface area contributed by atoms with Crippen molar-refractivity contribution in [1.82, 2.24) is 0 Å². The summed E-state index contributed by atoms with van der Waals surface area (Å²) in [7, 11) is 0. The first-order valence-electron chi connectivity index (χ1n) is 6.51. The fraction of sp³-hybridized carbons (Fsp3) is 0.188. The summed E-state index contributed by atoms with van der Waals surface area (Å²) >= 11 is 0. The van der Waals surface area contributed by atoms with E-state index in [9.17, 15) is 4.79 Å². The summed E-state index contributed by atoms with van der Waals surface area (Å²) in [6.45, 7) is 4.04. The highest BCUT2D eigenvalue weighted by atomic mass is 16.5. The first-order chi connectivity index (χ1) is 9.61. The molecule has 0 aliphatic carbocycles. The lowest BCUT2D eigenvalue weighted by Gasteiger charge is -2.13. The molecule has 0 unspecified atom stereocenters. The number of hydrogen-bond acceptors (Lipinski definition) is 4. The van der Waals surface area contributed by atoms with Crippen LogP contribution in [-0.2, 0) is 0 Å². The number of para-hydroxylation sites is 2. The Kier molecular flexibility index (Phi) is 4.25. The molecule has 0 heterocycles. The lowest BCUT2D eigenvalue weighted by molar-refractivity contribution is 0.101. The van der Waals surface area contributed by atoms with Gasteiger partial charge in [-0.1, -0.05) is 12.1 Å². The zero-order valence-electron chi connectivity index (χ0n) is 11.6. The predicted molar refractivity (Wildman–Crippen MR) is 81.8 cm³/mol. The number of nitrogen functional groups attached to an aromatic ring is 1. The molecule has 0 amide bonds. The molecule has 2 rings (SSSR count). The van der Waals surface area contributed by atoms with Gasteiger partial charge in [0.2, 0.25) is 0 Å². The molecule has 0 spiro atoms. The highest BCUT2D eigenvalue weighted by Gasteiger charge is 2.07. The van der Waals surface area contributed by atoms with E-state index in [1.807, 2.05) is 37.3 Å². The van der Waals surface area contributed by atoms with Crippen LogP contribution in [0, 0.1) is 0 Å². The molecule has 20 heavy (non-hydrogen) atoms. The molecular weight excluding hydrogens is 252 g/mol. The third-order valence-electron chi connectivity index (χ3n) is 2.90. The van der Waals surface area contributed by atoms with Crippen molar-refractivity contribution in [2.24, 2.45) is 0 Å². The summed E-state index contributed by atoms with van der Waals surface area (Å²) in [6.07, 6.45) is 0. The summed E-state index contributed by atoms with van der Waals surface area (Å²) in [6, 6.07) is 13.0. The van der Waals surface area contributed by atoms with E-state index < -0.39 is 0 Å². The topological polar surface area (TPSA) is 64.3 Å². The van der Waals surface area contributed by atoms with E-state index in [1.54, 1.807) is 12.1 Å². The van der Waals surface area contributed by atoms with Crippen LogP contribution in [0.2, 0.25) is 0 Å². The third-order valence-corrected chi connectivity index (χ3v) is 2.90. The van der Waals surface area contributed by atoms with Crippen LogP contribution >= 0.6 is 0 Å². The van der Waals surface area contributed by atoms with Gasteiger partial charge in [0.15, 0.2) is 5.78 Å². The van der Waals surface area contributed by atoms with Gasteiger partial charge in [0.1, 0.15) is 5.75 Å². The zero-order chi connectivity index (χ0) is 14.5. The molecule has 0 saturated carbocycles. The quantitative estimate of drug-likeness (QED) is 0.643. The number of carbonyl (C=O) groups excluding carboxylic acids is 1. The minimum absolute atomic E-state index is 0.0516. The van der Waals surface area contributed by atoms with Crippen molar-refractivity contribution in [1.29, 1.82) is 0 Å².